The zero-order chi connectivity index (χ0) is 23.4. The number of hydrogen-bond donors (Lipinski definition) is 1. The van der Waals surface area contributed by atoms with Crippen molar-refractivity contribution in [1.29, 1.82) is 0 Å². The third-order valence-corrected chi connectivity index (χ3v) is 7.66. The third-order valence-electron chi connectivity index (χ3n) is 6.15. The number of aromatic nitrogens is 3. The lowest BCUT2D eigenvalue weighted by Gasteiger charge is -2.23. The molecule has 33 heavy (non-hydrogen) atoms. The fourth-order valence-electron chi connectivity index (χ4n) is 4.22. The number of nitrogens with one attached hydrogen (secondary N) is 1. The molecule has 1 atom stereocenters. The molecule has 1 aliphatic rings. The van der Waals surface area contributed by atoms with Gasteiger partial charge in [-0.1, -0.05) is 78.5 Å². The normalized spacial score (nSPS) is 15.4. The maximum atomic E-state index is 12.9. The Labute approximate surface area is 209 Å². The van der Waals surface area contributed by atoms with E-state index >= 15 is 0 Å². The van der Waals surface area contributed by atoms with Gasteiger partial charge in [-0.25, -0.2) is 0 Å². The Morgan fingerprint density at radius 2 is 1.91 bits per heavy atom. The van der Waals surface area contributed by atoms with Gasteiger partial charge in [-0.05, 0) is 56.0 Å². The highest BCUT2D eigenvalue weighted by molar-refractivity contribution is 7.98. The summed E-state index contributed by atoms with van der Waals surface area (Å²) in [7, 11) is 0. The first-order valence-electron chi connectivity index (χ1n) is 11.3. The quantitative estimate of drug-likeness (QED) is 0.355. The van der Waals surface area contributed by atoms with Crippen LogP contribution in [0.1, 0.15) is 62.0 Å². The molecule has 4 rings (SSSR count). The van der Waals surface area contributed by atoms with Gasteiger partial charge in [0, 0.05) is 16.7 Å². The Hall–Kier alpha value is -2.02. The number of thioether (sulfide) groups is 1. The number of halogens is 2. The molecule has 2 aromatic carbocycles. The van der Waals surface area contributed by atoms with Gasteiger partial charge in [-0.15, -0.1) is 10.2 Å². The predicted molar refractivity (Wildman–Crippen MR) is 135 cm³/mol. The summed E-state index contributed by atoms with van der Waals surface area (Å²) in [6, 6.07) is 13.4. The van der Waals surface area contributed by atoms with Crippen LogP contribution in [0.4, 0.5) is 0 Å². The second-order valence-corrected chi connectivity index (χ2v) is 10.3. The Balaban J connectivity index is 1.63. The number of benzene rings is 2. The summed E-state index contributed by atoms with van der Waals surface area (Å²) in [6.07, 6.45) is 5.34. The van der Waals surface area contributed by atoms with E-state index in [9.17, 15) is 4.79 Å². The van der Waals surface area contributed by atoms with Crippen LogP contribution in [0.5, 0.6) is 0 Å². The maximum Gasteiger partial charge on any atom is 0.223 e. The van der Waals surface area contributed by atoms with Crippen molar-refractivity contribution >= 4 is 40.9 Å². The highest BCUT2D eigenvalue weighted by Gasteiger charge is 2.26. The zero-order valence-electron chi connectivity index (χ0n) is 18.9. The molecule has 1 N–H and O–H groups in total. The smallest absolute Gasteiger partial charge is 0.223 e. The average molecular weight is 503 g/mol. The van der Waals surface area contributed by atoms with Crippen LogP contribution in [0.25, 0.3) is 5.69 Å². The lowest BCUT2D eigenvalue weighted by molar-refractivity contribution is -0.126. The first kappa shape index (κ1) is 24.1. The van der Waals surface area contributed by atoms with Crippen LogP contribution in [0, 0.1) is 12.8 Å². The highest BCUT2D eigenvalue weighted by Crippen LogP contribution is 2.33. The first-order valence-corrected chi connectivity index (χ1v) is 13.1. The van der Waals surface area contributed by atoms with Crippen molar-refractivity contribution in [2.24, 2.45) is 5.92 Å². The Morgan fingerprint density at radius 3 is 2.64 bits per heavy atom. The fourth-order valence-corrected chi connectivity index (χ4v) is 5.74. The van der Waals surface area contributed by atoms with Crippen molar-refractivity contribution < 1.29 is 4.79 Å². The van der Waals surface area contributed by atoms with Crippen LogP contribution in [0.15, 0.2) is 47.6 Å². The zero-order valence-corrected chi connectivity index (χ0v) is 21.2. The van der Waals surface area contributed by atoms with E-state index in [1.807, 2.05) is 29.7 Å². The van der Waals surface area contributed by atoms with E-state index in [-0.39, 0.29) is 17.9 Å². The van der Waals surface area contributed by atoms with Crippen LogP contribution in [-0.4, -0.2) is 20.7 Å². The third kappa shape index (κ3) is 5.73. The van der Waals surface area contributed by atoms with Crippen LogP contribution in [0.3, 0.4) is 0 Å². The molecule has 1 saturated carbocycles. The molecule has 174 valence electrons. The van der Waals surface area contributed by atoms with E-state index in [0.29, 0.717) is 15.9 Å². The molecule has 1 amide bonds. The minimum Gasteiger partial charge on any atom is -0.346 e. The molecule has 1 heterocycles. The molecule has 0 saturated heterocycles. The molecule has 8 heteroatoms. The van der Waals surface area contributed by atoms with E-state index in [0.717, 1.165) is 42.3 Å². The van der Waals surface area contributed by atoms with Crippen molar-refractivity contribution in [3.05, 3.63) is 69.5 Å². The van der Waals surface area contributed by atoms with E-state index in [1.54, 1.807) is 23.9 Å². The fraction of sp³-hybridized carbons (Fsp3) is 0.400. The Bertz CT molecular complexity index is 1130. The van der Waals surface area contributed by atoms with E-state index in [1.165, 1.54) is 17.5 Å². The van der Waals surface area contributed by atoms with Gasteiger partial charge < -0.3 is 5.32 Å². The summed E-state index contributed by atoms with van der Waals surface area (Å²) in [6.45, 7) is 4.05. The van der Waals surface area contributed by atoms with Crippen LogP contribution in [0.2, 0.25) is 10.0 Å². The van der Waals surface area contributed by atoms with E-state index in [2.05, 4.69) is 34.6 Å². The first-order chi connectivity index (χ1) is 15.9. The molecular formula is C25H28Cl2N4OS. The van der Waals surface area contributed by atoms with Crippen LogP contribution in [-0.2, 0) is 10.5 Å². The summed E-state index contributed by atoms with van der Waals surface area (Å²) in [4.78, 5) is 12.9. The van der Waals surface area contributed by atoms with Gasteiger partial charge in [-0.3, -0.25) is 9.36 Å². The number of carbonyl (C=O) groups is 1. The van der Waals surface area contributed by atoms with Crippen molar-refractivity contribution in [1.82, 2.24) is 20.1 Å². The molecule has 0 spiro atoms. The van der Waals surface area contributed by atoms with Gasteiger partial charge in [0.1, 0.15) is 0 Å². The number of rotatable bonds is 7. The predicted octanol–water partition coefficient (Wildman–Crippen LogP) is 6.93. The number of nitrogens with zero attached hydrogens (tertiary/aromatic N) is 3. The van der Waals surface area contributed by atoms with Gasteiger partial charge in [0.2, 0.25) is 5.91 Å². The molecule has 0 radical (unpaired) electrons. The summed E-state index contributed by atoms with van der Waals surface area (Å²) in [5.74, 6) is 1.56. The largest absolute Gasteiger partial charge is 0.346 e. The lowest BCUT2D eigenvalue weighted by atomic mass is 9.88. The van der Waals surface area contributed by atoms with E-state index in [4.69, 9.17) is 23.2 Å². The molecule has 5 nitrogen and oxygen atoms in total. The molecule has 1 fully saturated rings. The van der Waals surface area contributed by atoms with Gasteiger partial charge in [0.15, 0.2) is 11.0 Å². The van der Waals surface area contributed by atoms with Crippen LogP contribution >= 0.6 is 35.0 Å². The van der Waals surface area contributed by atoms with Crippen molar-refractivity contribution in [3.63, 3.8) is 0 Å². The Kier molecular flexibility index (Phi) is 7.99. The molecule has 1 aromatic heterocycles. The highest BCUT2D eigenvalue weighted by atomic mass is 35.5. The summed E-state index contributed by atoms with van der Waals surface area (Å²) >= 11 is 14.3. The summed E-state index contributed by atoms with van der Waals surface area (Å²) < 4.78 is 1.94. The average Bonchev–Trinajstić information content (AvgIpc) is 3.23. The number of aryl methyl sites for hydroxylation is 1. The summed E-state index contributed by atoms with van der Waals surface area (Å²) in [5, 5.41) is 13.9. The second kappa shape index (κ2) is 10.9. The van der Waals surface area contributed by atoms with Crippen molar-refractivity contribution in [3.8, 4) is 5.69 Å². The lowest BCUT2D eigenvalue weighted by Crippen LogP contribution is -2.34. The van der Waals surface area contributed by atoms with Gasteiger partial charge >= 0.3 is 0 Å². The van der Waals surface area contributed by atoms with Gasteiger partial charge in [0.25, 0.3) is 0 Å². The SMILES string of the molecule is Cc1ccccc1CSc1nnc(C(C)NC(=O)C2CCCCC2)n1-c1ccc(Cl)cc1Cl. The number of amides is 1. The van der Waals surface area contributed by atoms with Gasteiger partial charge in [0.05, 0.1) is 16.8 Å². The minimum atomic E-state index is -0.313. The molecule has 0 bridgehead atoms. The summed E-state index contributed by atoms with van der Waals surface area (Å²) in [5.41, 5.74) is 3.21. The van der Waals surface area contributed by atoms with Gasteiger partial charge in [-0.2, -0.15) is 0 Å². The standard InChI is InChI=1S/C25H28Cl2N4OS/c1-16-8-6-7-11-19(16)15-33-25-30-29-23(31(25)22-13-12-20(26)14-21(22)27)17(2)28-24(32)18-9-4-3-5-10-18/h6-8,11-14,17-18H,3-5,9-10,15H2,1-2H3,(H,28,32). The molecule has 0 aliphatic heterocycles. The number of carbonyl (C=O) groups excluding carboxylic acids is 1. The Morgan fingerprint density at radius 1 is 1.15 bits per heavy atom. The molecular weight excluding hydrogens is 475 g/mol. The molecule has 3 aromatic rings. The maximum absolute atomic E-state index is 12.9. The van der Waals surface area contributed by atoms with Crippen LogP contribution < -0.4 is 5.32 Å². The van der Waals surface area contributed by atoms with E-state index < -0.39 is 0 Å². The number of hydrogen-bond acceptors (Lipinski definition) is 4. The second-order valence-electron chi connectivity index (χ2n) is 8.55. The minimum absolute atomic E-state index is 0.0755. The topological polar surface area (TPSA) is 59.8 Å². The van der Waals surface area contributed by atoms with Crippen molar-refractivity contribution in [2.45, 2.75) is 62.9 Å². The monoisotopic (exact) mass is 502 g/mol. The molecule has 1 aliphatic carbocycles. The molecule has 1 unspecified atom stereocenters. The van der Waals surface area contributed by atoms with Crippen molar-refractivity contribution in [2.75, 3.05) is 0 Å².